The third-order valence-corrected chi connectivity index (χ3v) is 2.70. The van der Waals surface area contributed by atoms with Gasteiger partial charge in [-0.2, -0.15) is 4.98 Å². The van der Waals surface area contributed by atoms with Gasteiger partial charge in [0.25, 0.3) is 0 Å². The van der Waals surface area contributed by atoms with Crippen molar-refractivity contribution < 1.29 is 9.47 Å². The first-order valence-corrected chi connectivity index (χ1v) is 6.54. The van der Waals surface area contributed by atoms with Gasteiger partial charge >= 0.3 is 0 Å². The van der Waals surface area contributed by atoms with Gasteiger partial charge in [-0.05, 0) is 30.7 Å². The lowest BCUT2D eigenvalue weighted by atomic mass is 10.3. The Morgan fingerprint density at radius 3 is 2.75 bits per heavy atom. The minimum atomic E-state index is 0.451. The van der Waals surface area contributed by atoms with E-state index in [4.69, 9.17) is 15.2 Å². The zero-order valence-corrected chi connectivity index (χ0v) is 11.7. The van der Waals surface area contributed by atoms with E-state index in [0.29, 0.717) is 24.0 Å². The molecule has 20 heavy (non-hydrogen) atoms. The summed E-state index contributed by atoms with van der Waals surface area (Å²) >= 11 is 0. The van der Waals surface area contributed by atoms with Crippen LogP contribution < -0.4 is 20.5 Å². The molecule has 0 radical (unpaired) electrons. The van der Waals surface area contributed by atoms with E-state index < -0.39 is 0 Å². The smallest absolute Gasteiger partial charge is 0.239 e. The number of nitrogens with one attached hydrogen (secondary N) is 1. The predicted molar refractivity (Wildman–Crippen MR) is 80.7 cm³/mol. The summed E-state index contributed by atoms with van der Waals surface area (Å²) in [5.41, 5.74) is 7.21. The largest absolute Gasteiger partial charge is 0.495 e. The molecule has 0 bridgehead atoms. The Labute approximate surface area is 118 Å². The fourth-order valence-corrected chi connectivity index (χ4v) is 1.72. The summed E-state index contributed by atoms with van der Waals surface area (Å²) in [5.74, 6) is 1.86. The highest BCUT2D eigenvalue weighted by Crippen LogP contribution is 2.28. The number of hydrogen-bond acceptors (Lipinski definition) is 5. The van der Waals surface area contributed by atoms with E-state index in [-0.39, 0.29) is 0 Å². The van der Waals surface area contributed by atoms with Crippen LogP contribution in [-0.4, -0.2) is 18.7 Å². The number of nitrogen functional groups attached to an aromatic ring is 1. The molecule has 0 unspecified atom stereocenters. The molecule has 3 N–H and O–H groups in total. The predicted octanol–water partition coefficient (Wildman–Crippen LogP) is 3.20. The van der Waals surface area contributed by atoms with Gasteiger partial charge in [0.2, 0.25) is 5.88 Å². The lowest BCUT2D eigenvalue weighted by Crippen LogP contribution is -2.03. The highest BCUT2D eigenvalue weighted by atomic mass is 16.5. The van der Waals surface area contributed by atoms with E-state index in [0.717, 1.165) is 17.9 Å². The highest BCUT2D eigenvalue weighted by molar-refractivity contribution is 5.65. The summed E-state index contributed by atoms with van der Waals surface area (Å²) in [7, 11) is 1.63. The molecule has 5 heteroatoms. The topological polar surface area (TPSA) is 69.4 Å². The molecule has 5 nitrogen and oxygen atoms in total. The Morgan fingerprint density at radius 2 is 2.00 bits per heavy atom. The van der Waals surface area contributed by atoms with Crippen LogP contribution in [0.4, 0.5) is 17.2 Å². The van der Waals surface area contributed by atoms with Gasteiger partial charge in [0.05, 0.1) is 25.1 Å². The molecule has 1 heterocycles. The van der Waals surface area contributed by atoms with Crippen LogP contribution in [0, 0.1) is 0 Å². The lowest BCUT2D eigenvalue weighted by molar-refractivity contribution is 0.307. The Morgan fingerprint density at radius 1 is 1.20 bits per heavy atom. The summed E-state index contributed by atoms with van der Waals surface area (Å²) in [6.07, 6.45) is 0.908. The average Bonchev–Trinajstić information content (AvgIpc) is 2.48. The summed E-state index contributed by atoms with van der Waals surface area (Å²) < 4.78 is 10.8. The first-order chi connectivity index (χ1) is 9.74. The van der Waals surface area contributed by atoms with Crippen molar-refractivity contribution in [2.24, 2.45) is 0 Å². The number of rotatable bonds is 6. The fraction of sp³-hybridized carbons (Fsp3) is 0.267. The molecule has 106 valence electrons. The zero-order chi connectivity index (χ0) is 14.4. The van der Waals surface area contributed by atoms with Gasteiger partial charge < -0.3 is 20.5 Å². The SMILES string of the molecule is CCCOc1nc(Nc2ccccc2OC)ccc1N. The van der Waals surface area contributed by atoms with Gasteiger partial charge in [-0.15, -0.1) is 0 Å². The van der Waals surface area contributed by atoms with Crippen LogP contribution in [0.5, 0.6) is 11.6 Å². The molecular formula is C15H19N3O2. The van der Waals surface area contributed by atoms with Crippen molar-refractivity contribution in [3.05, 3.63) is 36.4 Å². The van der Waals surface area contributed by atoms with Crippen molar-refractivity contribution in [2.75, 3.05) is 24.8 Å². The van der Waals surface area contributed by atoms with E-state index in [1.54, 1.807) is 19.2 Å². The van der Waals surface area contributed by atoms with E-state index >= 15 is 0 Å². The molecule has 0 atom stereocenters. The number of para-hydroxylation sites is 2. The molecule has 2 aromatic rings. The van der Waals surface area contributed by atoms with E-state index in [2.05, 4.69) is 10.3 Å². The second-order valence-electron chi connectivity index (χ2n) is 4.26. The molecule has 0 spiro atoms. The second-order valence-corrected chi connectivity index (χ2v) is 4.26. The summed E-state index contributed by atoms with van der Waals surface area (Å²) in [6.45, 7) is 2.63. The Hall–Kier alpha value is -2.43. The van der Waals surface area contributed by atoms with Crippen LogP contribution in [0.3, 0.4) is 0 Å². The van der Waals surface area contributed by atoms with Crippen LogP contribution in [-0.2, 0) is 0 Å². The molecule has 1 aromatic carbocycles. The van der Waals surface area contributed by atoms with Crippen molar-refractivity contribution in [2.45, 2.75) is 13.3 Å². The van der Waals surface area contributed by atoms with Crippen LogP contribution in [0.2, 0.25) is 0 Å². The number of nitrogens with two attached hydrogens (primary N) is 1. The molecule has 2 rings (SSSR count). The van der Waals surface area contributed by atoms with Crippen molar-refractivity contribution in [3.8, 4) is 11.6 Å². The van der Waals surface area contributed by atoms with Crippen molar-refractivity contribution in [1.29, 1.82) is 0 Å². The van der Waals surface area contributed by atoms with E-state index in [1.807, 2.05) is 31.2 Å². The first kappa shape index (κ1) is 14.0. The maximum absolute atomic E-state index is 5.84. The van der Waals surface area contributed by atoms with Crippen LogP contribution >= 0.6 is 0 Å². The van der Waals surface area contributed by atoms with Crippen molar-refractivity contribution >= 4 is 17.2 Å². The van der Waals surface area contributed by atoms with Gasteiger partial charge in [-0.1, -0.05) is 19.1 Å². The van der Waals surface area contributed by atoms with Crippen LogP contribution in [0.25, 0.3) is 0 Å². The highest BCUT2D eigenvalue weighted by Gasteiger charge is 2.07. The molecule has 1 aromatic heterocycles. The molecule has 0 saturated heterocycles. The summed E-state index contributed by atoms with van der Waals surface area (Å²) in [4.78, 5) is 4.37. The van der Waals surface area contributed by atoms with Gasteiger partial charge in [0.1, 0.15) is 11.6 Å². The number of benzene rings is 1. The van der Waals surface area contributed by atoms with Crippen molar-refractivity contribution in [3.63, 3.8) is 0 Å². The summed E-state index contributed by atoms with van der Waals surface area (Å²) in [5, 5.41) is 3.20. The number of methoxy groups -OCH3 is 1. The minimum Gasteiger partial charge on any atom is -0.495 e. The van der Waals surface area contributed by atoms with Crippen molar-refractivity contribution in [1.82, 2.24) is 4.98 Å². The average molecular weight is 273 g/mol. The first-order valence-electron chi connectivity index (χ1n) is 6.54. The lowest BCUT2D eigenvalue weighted by Gasteiger charge is -2.12. The molecule has 0 aliphatic rings. The molecule has 0 aliphatic heterocycles. The number of pyridine rings is 1. The molecule has 0 aliphatic carbocycles. The standard InChI is InChI=1S/C15H19N3O2/c1-3-10-20-15-11(16)8-9-14(18-15)17-12-6-4-5-7-13(12)19-2/h4-9H,3,10,16H2,1-2H3,(H,17,18). The minimum absolute atomic E-state index is 0.451. The van der Waals surface area contributed by atoms with Crippen LogP contribution in [0.1, 0.15) is 13.3 Å². The Bertz CT molecular complexity index is 573. The van der Waals surface area contributed by atoms with Gasteiger partial charge in [0, 0.05) is 0 Å². The van der Waals surface area contributed by atoms with Gasteiger partial charge in [0.15, 0.2) is 0 Å². The monoisotopic (exact) mass is 273 g/mol. The molecule has 0 fully saturated rings. The number of aromatic nitrogens is 1. The Kier molecular flexibility index (Phi) is 4.65. The number of nitrogens with zero attached hydrogens (tertiary/aromatic N) is 1. The molecule has 0 amide bonds. The number of hydrogen-bond donors (Lipinski definition) is 2. The number of anilines is 3. The van der Waals surface area contributed by atoms with E-state index in [1.165, 1.54) is 0 Å². The van der Waals surface area contributed by atoms with Crippen LogP contribution in [0.15, 0.2) is 36.4 Å². The Balaban J connectivity index is 2.20. The fourth-order valence-electron chi connectivity index (χ4n) is 1.72. The van der Waals surface area contributed by atoms with E-state index in [9.17, 15) is 0 Å². The zero-order valence-electron chi connectivity index (χ0n) is 11.7. The summed E-state index contributed by atoms with van der Waals surface area (Å²) in [6, 6.07) is 11.2. The maximum Gasteiger partial charge on any atom is 0.239 e. The molecular weight excluding hydrogens is 254 g/mol. The van der Waals surface area contributed by atoms with Gasteiger partial charge in [-0.25, -0.2) is 0 Å². The number of ether oxygens (including phenoxy) is 2. The second kappa shape index (κ2) is 6.65. The third kappa shape index (κ3) is 3.32. The normalized spacial score (nSPS) is 10.1. The third-order valence-electron chi connectivity index (χ3n) is 2.70. The molecule has 0 saturated carbocycles. The maximum atomic E-state index is 5.84. The quantitative estimate of drug-likeness (QED) is 0.845. The van der Waals surface area contributed by atoms with Gasteiger partial charge in [-0.3, -0.25) is 0 Å².